The summed E-state index contributed by atoms with van der Waals surface area (Å²) in [5, 5.41) is 3.07. The van der Waals surface area contributed by atoms with Crippen LogP contribution >= 0.6 is 15.9 Å². The third-order valence-corrected chi connectivity index (χ3v) is 5.58. The van der Waals surface area contributed by atoms with Gasteiger partial charge in [0.05, 0.1) is 6.67 Å². The lowest BCUT2D eigenvalue weighted by Gasteiger charge is -2.37. The number of carbonyl (C=O) groups is 2. The van der Waals surface area contributed by atoms with Crippen molar-refractivity contribution in [2.75, 3.05) is 13.2 Å². The first-order valence-corrected chi connectivity index (χ1v) is 9.00. The molecule has 23 heavy (non-hydrogen) atoms. The molecule has 1 aliphatic heterocycles. The van der Waals surface area contributed by atoms with E-state index < -0.39 is 0 Å². The number of hydrogen-bond donors (Lipinski definition) is 1. The molecule has 1 saturated heterocycles. The number of benzene rings is 1. The van der Waals surface area contributed by atoms with Crippen LogP contribution in [0, 0.1) is 0 Å². The highest BCUT2D eigenvalue weighted by molar-refractivity contribution is 9.10. The van der Waals surface area contributed by atoms with Gasteiger partial charge >= 0.3 is 6.03 Å². The van der Waals surface area contributed by atoms with Crippen LogP contribution in [0.5, 0.6) is 0 Å². The first-order chi connectivity index (χ1) is 11.1. The lowest BCUT2D eigenvalue weighted by Crippen LogP contribution is -2.49. The van der Waals surface area contributed by atoms with Crippen LogP contribution in [-0.2, 0) is 4.79 Å². The summed E-state index contributed by atoms with van der Waals surface area (Å²) in [6, 6.07) is 8.90. The van der Waals surface area contributed by atoms with E-state index in [0.717, 1.165) is 30.2 Å². The highest BCUT2D eigenvalue weighted by Crippen LogP contribution is 2.37. The first-order valence-electron chi connectivity index (χ1n) is 8.20. The molecule has 1 heterocycles. The number of nitrogens with one attached hydrogen (secondary N) is 1. The Bertz CT molecular complexity index is 623. The molecule has 3 amide bonds. The van der Waals surface area contributed by atoms with Crippen molar-refractivity contribution in [2.24, 2.45) is 0 Å². The summed E-state index contributed by atoms with van der Waals surface area (Å²) in [4.78, 5) is 27.7. The van der Waals surface area contributed by atoms with E-state index in [1.807, 2.05) is 4.90 Å². The molecule has 1 N–H and O–H groups in total. The van der Waals surface area contributed by atoms with E-state index in [1.54, 1.807) is 4.90 Å². The van der Waals surface area contributed by atoms with E-state index in [0.29, 0.717) is 18.6 Å². The van der Waals surface area contributed by atoms with Gasteiger partial charge in [-0.15, -0.1) is 0 Å². The number of hydrogen-bond acceptors (Lipinski definition) is 2. The van der Waals surface area contributed by atoms with E-state index in [9.17, 15) is 9.59 Å². The Morgan fingerprint density at radius 2 is 1.87 bits per heavy atom. The van der Waals surface area contributed by atoms with Crippen molar-refractivity contribution in [1.29, 1.82) is 0 Å². The van der Waals surface area contributed by atoms with Crippen molar-refractivity contribution in [3.63, 3.8) is 0 Å². The van der Waals surface area contributed by atoms with Crippen LogP contribution in [0.2, 0.25) is 0 Å². The molecule has 0 spiro atoms. The summed E-state index contributed by atoms with van der Waals surface area (Å²) >= 11 is 3.45. The fraction of sp³-hybridized carbons (Fsp3) is 0.529. The molecule has 1 aromatic rings. The smallest absolute Gasteiger partial charge is 0.319 e. The summed E-state index contributed by atoms with van der Waals surface area (Å²) in [6.45, 7) is 0.684. The number of amides is 3. The van der Waals surface area contributed by atoms with E-state index in [2.05, 4.69) is 45.5 Å². The minimum absolute atomic E-state index is 0.0870. The molecule has 0 atom stereocenters. The fourth-order valence-corrected chi connectivity index (χ4v) is 3.68. The Hall–Kier alpha value is -1.56. The van der Waals surface area contributed by atoms with Gasteiger partial charge in [0, 0.05) is 16.6 Å². The van der Waals surface area contributed by atoms with Crippen LogP contribution in [0.3, 0.4) is 0 Å². The van der Waals surface area contributed by atoms with E-state index >= 15 is 0 Å². The molecule has 6 heteroatoms. The van der Waals surface area contributed by atoms with E-state index in [-0.39, 0.29) is 24.5 Å². The van der Waals surface area contributed by atoms with Crippen molar-refractivity contribution >= 4 is 27.9 Å². The molecule has 3 aliphatic rings. The number of halogens is 1. The van der Waals surface area contributed by atoms with Gasteiger partial charge in [-0.1, -0.05) is 28.1 Å². The van der Waals surface area contributed by atoms with Crippen LogP contribution < -0.4 is 5.32 Å². The minimum Gasteiger partial charge on any atom is -0.335 e. The molecule has 0 bridgehead atoms. The maximum atomic E-state index is 12.3. The molecular weight excluding hydrogens is 358 g/mol. The molecule has 2 saturated carbocycles. The normalized spacial score (nSPS) is 27.1. The number of nitrogens with zero attached hydrogens (tertiary/aromatic N) is 2. The second-order valence-electron chi connectivity index (χ2n) is 6.80. The molecule has 1 aromatic carbocycles. The van der Waals surface area contributed by atoms with Gasteiger partial charge < -0.3 is 10.2 Å². The summed E-state index contributed by atoms with van der Waals surface area (Å²) in [7, 11) is 0. The Morgan fingerprint density at radius 3 is 2.52 bits per heavy atom. The van der Waals surface area contributed by atoms with Crippen molar-refractivity contribution in [3.8, 4) is 0 Å². The maximum absolute atomic E-state index is 12.3. The third-order valence-electron chi connectivity index (χ3n) is 5.05. The van der Waals surface area contributed by atoms with Crippen molar-refractivity contribution in [3.05, 3.63) is 34.3 Å². The summed E-state index contributed by atoms with van der Waals surface area (Å²) in [5.41, 5.74) is 1.33. The molecule has 2 aliphatic carbocycles. The van der Waals surface area contributed by atoms with Crippen LogP contribution in [0.1, 0.15) is 37.2 Å². The van der Waals surface area contributed by atoms with Gasteiger partial charge in [0.15, 0.2) is 0 Å². The summed E-state index contributed by atoms with van der Waals surface area (Å²) < 4.78 is 1.09. The molecular formula is C17H20BrN3O2. The zero-order chi connectivity index (χ0) is 16.0. The molecule has 0 aromatic heterocycles. The van der Waals surface area contributed by atoms with E-state index in [4.69, 9.17) is 0 Å². The standard InChI is InChI=1S/C17H20BrN3O2/c18-13-3-1-11(2-4-13)12-7-14(8-12)19-17(23)20-9-16(22)21(10-20)15-5-6-15/h1-4,12,14-15H,5-10H2,(H,19,23). The average Bonchev–Trinajstić information content (AvgIpc) is 3.26. The molecule has 122 valence electrons. The number of urea groups is 1. The predicted molar refractivity (Wildman–Crippen MR) is 89.9 cm³/mol. The van der Waals surface area contributed by atoms with Gasteiger partial charge in [0.25, 0.3) is 0 Å². The van der Waals surface area contributed by atoms with Gasteiger partial charge in [-0.3, -0.25) is 9.69 Å². The van der Waals surface area contributed by atoms with Gasteiger partial charge in [-0.05, 0) is 49.3 Å². The maximum Gasteiger partial charge on any atom is 0.319 e. The Kier molecular flexibility index (Phi) is 3.79. The van der Waals surface area contributed by atoms with Crippen LogP contribution in [-0.4, -0.2) is 47.0 Å². The summed E-state index contributed by atoms with van der Waals surface area (Å²) in [6.07, 6.45) is 4.11. The highest BCUT2D eigenvalue weighted by Gasteiger charge is 2.41. The van der Waals surface area contributed by atoms with Gasteiger partial charge in [0.2, 0.25) is 5.91 Å². The zero-order valence-electron chi connectivity index (χ0n) is 12.9. The van der Waals surface area contributed by atoms with Crippen LogP contribution in [0.25, 0.3) is 0 Å². The lowest BCUT2D eigenvalue weighted by atomic mass is 9.76. The SMILES string of the molecule is O=C(NC1CC(c2ccc(Br)cc2)C1)N1CC(=O)N(C2CC2)C1. The predicted octanol–water partition coefficient (Wildman–Crippen LogP) is 2.67. The summed E-state index contributed by atoms with van der Waals surface area (Å²) in [5.74, 6) is 0.612. The second kappa shape index (κ2) is 5.82. The lowest BCUT2D eigenvalue weighted by molar-refractivity contribution is -0.127. The highest BCUT2D eigenvalue weighted by atomic mass is 79.9. The fourth-order valence-electron chi connectivity index (χ4n) is 3.42. The molecule has 4 rings (SSSR count). The van der Waals surface area contributed by atoms with Gasteiger partial charge in [-0.25, -0.2) is 4.79 Å². The van der Waals surface area contributed by atoms with E-state index in [1.165, 1.54) is 5.56 Å². The second-order valence-corrected chi connectivity index (χ2v) is 7.72. The monoisotopic (exact) mass is 377 g/mol. The van der Waals surface area contributed by atoms with Crippen molar-refractivity contribution < 1.29 is 9.59 Å². The van der Waals surface area contributed by atoms with Crippen molar-refractivity contribution in [2.45, 2.75) is 43.7 Å². The molecule has 3 fully saturated rings. The molecule has 0 radical (unpaired) electrons. The Labute approximate surface area is 144 Å². The first kappa shape index (κ1) is 15.0. The minimum atomic E-state index is -0.0965. The van der Waals surface area contributed by atoms with Crippen molar-refractivity contribution in [1.82, 2.24) is 15.1 Å². The van der Waals surface area contributed by atoms with Crippen LogP contribution in [0.4, 0.5) is 4.79 Å². The topological polar surface area (TPSA) is 52.7 Å². The number of rotatable bonds is 3. The molecule has 5 nitrogen and oxygen atoms in total. The van der Waals surface area contributed by atoms with Crippen LogP contribution in [0.15, 0.2) is 28.7 Å². The quantitative estimate of drug-likeness (QED) is 0.880. The Morgan fingerprint density at radius 1 is 1.17 bits per heavy atom. The van der Waals surface area contributed by atoms with Gasteiger partial charge in [-0.2, -0.15) is 0 Å². The molecule has 0 unspecified atom stereocenters. The Balaban J connectivity index is 1.26. The largest absolute Gasteiger partial charge is 0.335 e. The third kappa shape index (κ3) is 3.09. The number of carbonyl (C=O) groups excluding carboxylic acids is 2. The van der Waals surface area contributed by atoms with Gasteiger partial charge in [0.1, 0.15) is 6.54 Å². The average molecular weight is 378 g/mol. The zero-order valence-corrected chi connectivity index (χ0v) is 14.5.